The van der Waals surface area contributed by atoms with Crippen LogP contribution in [-0.4, -0.2) is 48.9 Å². The fourth-order valence-corrected chi connectivity index (χ4v) is 6.04. The van der Waals surface area contributed by atoms with Gasteiger partial charge in [0.15, 0.2) is 0 Å². The van der Waals surface area contributed by atoms with Gasteiger partial charge in [-0.25, -0.2) is 4.79 Å². The molecule has 1 aromatic carbocycles. The first-order valence-corrected chi connectivity index (χ1v) is 9.83. The van der Waals surface area contributed by atoms with Crippen LogP contribution >= 0.6 is 0 Å². The number of carbonyl (C=O) groups is 2. The molecule has 2 fully saturated rings. The summed E-state index contributed by atoms with van der Waals surface area (Å²) in [6.45, 7) is 2.69. The SMILES string of the molecule is COC(=O)C1=CO[C@@H](C)[C@H]2C[N+]3([O-])CC[C@@]4(C(=O)Nc5ccccc54)[C@@H]3C[C@H]12. The zero-order chi connectivity index (χ0) is 19.7. The van der Waals surface area contributed by atoms with Crippen LogP contribution in [0.3, 0.4) is 0 Å². The first kappa shape index (κ1) is 17.7. The average Bonchev–Trinajstić information content (AvgIpc) is 3.16. The molecule has 0 aromatic heterocycles. The van der Waals surface area contributed by atoms with Crippen LogP contribution in [0.25, 0.3) is 0 Å². The number of nitrogens with one attached hydrogen (secondary N) is 1. The molecule has 28 heavy (non-hydrogen) atoms. The van der Waals surface area contributed by atoms with E-state index in [0.29, 0.717) is 31.5 Å². The van der Waals surface area contributed by atoms with Crippen LogP contribution in [0.2, 0.25) is 0 Å². The van der Waals surface area contributed by atoms with Gasteiger partial charge in [0.1, 0.15) is 17.6 Å². The normalized spacial score (nSPS) is 40.7. The molecule has 1 spiro atoms. The van der Waals surface area contributed by atoms with E-state index in [9.17, 15) is 14.8 Å². The second kappa shape index (κ2) is 5.81. The lowest BCUT2D eigenvalue weighted by molar-refractivity contribution is -0.905. The first-order chi connectivity index (χ1) is 13.4. The molecule has 0 bridgehead atoms. The van der Waals surface area contributed by atoms with Crippen molar-refractivity contribution >= 4 is 17.6 Å². The van der Waals surface area contributed by atoms with Crippen molar-refractivity contribution in [2.75, 3.05) is 25.5 Å². The molecule has 4 aliphatic rings. The van der Waals surface area contributed by atoms with Crippen LogP contribution in [0, 0.1) is 17.0 Å². The minimum Gasteiger partial charge on any atom is -0.633 e. The highest BCUT2D eigenvalue weighted by Gasteiger charge is 2.66. The Balaban J connectivity index is 1.60. The summed E-state index contributed by atoms with van der Waals surface area (Å²) in [4.78, 5) is 25.5. The van der Waals surface area contributed by atoms with Crippen molar-refractivity contribution in [1.29, 1.82) is 0 Å². The third-order valence-corrected chi connectivity index (χ3v) is 7.43. The minimum absolute atomic E-state index is 0.0669. The third-order valence-electron chi connectivity index (χ3n) is 7.43. The van der Waals surface area contributed by atoms with Gasteiger partial charge in [0, 0.05) is 24.4 Å². The van der Waals surface area contributed by atoms with E-state index < -0.39 is 22.1 Å². The Labute approximate surface area is 163 Å². The molecule has 7 nitrogen and oxygen atoms in total. The molecule has 1 aromatic rings. The van der Waals surface area contributed by atoms with Crippen molar-refractivity contribution in [3.63, 3.8) is 0 Å². The van der Waals surface area contributed by atoms with Crippen LogP contribution in [0.1, 0.15) is 25.3 Å². The molecular formula is C21H24N2O5. The predicted molar refractivity (Wildman–Crippen MR) is 101 cm³/mol. The standard InChI is InChI=1S/C21H24N2O5/c1-12-14-10-23(26)8-7-21(16-5-3-4-6-17(16)22-20(21)25)18(23)9-13(14)15(11-28-12)19(24)27-2/h3-6,11-14,18H,7-10H2,1-2H3,(H,22,25)/t12-,13-,14+,18-,21-,23?/m0/s1. The number of esters is 1. The molecule has 1 amide bonds. The quantitative estimate of drug-likeness (QED) is 0.455. The van der Waals surface area contributed by atoms with Gasteiger partial charge in [0.05, 0.1) is 38.0 Å². The number of quaternary nitrogens is 1. The Kier molecular flexibility index (Phi) is 3.67. The van der Waals surface area contributed by atoms with E-state index in [4.69, 9.17) is 9.47 Å². The number of piperidine rings is 1. The summed E-state index contributed by atoms with van der Waals surface area (Å²) in [6.07, 6.45) is 2.34. The van der Waals surface area contributed by atoms with Crippen LogP contribution in [0.4, 0.5) is 5.69 Å². The number of rotatable bonds is 1. The number of ether oxygens (including phenoxy) is 2. The number of amides is 1. The number of methoxy groups -OCH3 is 1. The van der Waals surface area contributed by atoms with E-state index in [2.05, 4.69) is 5.32 Å². The lowest BCUT2D eigenvalue weighted by Crippen LogP contribution is -2.63. The fraction of sp³-hybridized carbons (Fsp3) is 0.524. The van der Waals surface area contributed by atoms with Crippen LogP contribution in [0.5, 0.6) is 0 Å². The van der Waals surface area contributed by atoms with Gasteiger partial charge in [0.25, 0.3) is 0 Å². The van der Waals surface area contributed by atoms with Crippen LogP contribution < -0.4 is 5.32 Å². The monoisotopic (exact) mass is 384 g/mol. The lowest BCUT2D eigenvalue weighted by Gasteiger charge is -2.56. The molecular weight excluding hydrogens is 360 g/mol. The van der Waals surface area contributed by atoms with E-state index in [0.717, 1.165) is 11.3 Å². The molecule has 5 rings (SSSR count). The second-order valence-electron chi connectivity index (χ2n) is 8.51. The van der Waals surface area contributed by atoms with Crippen molar-refractivity contribution in [2.24, 2.45) is 11.8 Å². The molecule has 6 atom stereocenters. The number of hydrogen-bond acceptors (Lipinski definition) is 5. The summed E-state index contributed by atoms with van der Waals surface area (Å²) in [6, 6.07) is 7.23. The number of hydrogen-bond donors (Lipinski definition) is 1. The van der Waals surface area contributed by atoms with E-state index in [1.165, 1.54) is 13.4 Å². The maximum absolute atomic E-state index is 13.9. The maximum atomic E-state index is 13.9. The highest BCUT2D eigenvalue weighted by molar-refractivity contribution is 6.07. The molecule has 4 aliphatic heterocycles. The van der Waals surface area contributed by atoms with E-state index in [1.54, 1.807) is 0 Å². The number of para-hydroxylation sites is 1. The Morgan fingerprint density at radius 1 is 1.39 bits per heavy atom. The number of benzene rings is 1. The van der Waals surface area contributed by atoms with Crippen LogP contribution in [0.15, 0.2) is 36.1 Å². The smallest absolute Gasteiger partial charge is 0.337 e. The Bertz CT molecular complexity index is 899. The summed E-state index contributed by atoms with van der Waals surface area (Å²) in [5.74, 6) is -0.715. The number of nitrogens with zero attached hydrogens (tertiary/aromatic N) is 1. The van der Waals surface area contributed by atoms with Crippen LogP contribution in [-0.2, 0) is 24.5 Å². The van der Waals surface area contributed by atoms with Crippen molar-refractivity contribution in [3.05, 3.63) is 46.9 Å². The molecule has 7 heteroatoms. The predicted octanol–water partition coefficient (Wildman–Crippen LogP) is 2.08. The summed E-state index contributed by atoms with van der Waals surface area (Å²) in [5.41, 5.74) is 1.37. The molecule has 0 aliphatic carbocycles. The fourth-order valence-electron chi connectivity index (χ4n) is 6.04. The van der Waals surface area contributed by atoms with E-state index in [-0.39, 0.29) is 23.8 Å². The number of fused-ring (bicyclic) bond motifs is 5. The van der Waals surface area contributed by atoms with Gasteiger partial charge >= 0.3 is 5.97 Å². The summed E-state index contributed by atoms with van der Waals surface area (Å²) in [5, 5.41) is 16.9. The van der Waals surface area contributed by atoms with Crippen molar-refractivity contribution < 1.29 is 23.7 Å². The van der Waals surface area contributed by atoms with Gasteiger partial charge < -0.3 is 24.6 Å². The zero-order valence-corrected chi connectivity index (χ0v) is 16.0. The summed E-state index contributed by atoms with van der Waals surface area (Å²) >= 11 is 0. The van der Waals surface area contributed by atoms with Crippen molar-refractivity contribution in [2.45, 2.75) is 37.3 Å². The molecule has 1 unspecified atom stereocenters. The van der Waals surface area contributed by atoms with Crippen molar-refractivity contribution in [3.8, 4) is 0 Å². The molecule has 4 heterocycles. The minimum atomic E-state index is -0.827. The molecule has 0 radical (unpaired) electrons. The van der Waals surface area contributed by atoms with Gasteiger partial charge in [-0.3, -0.25) is 4.79 Å². The maximum Gasteiger partial charge on any atom is 0.337 e. The Hall–Kier alpha value is -2.38. The number of anilines is 1. The van der Waals surface area contributed by atoms with E-state index >= 15 is 0 Å². The highest BCUT2D eigenvalue weighted by Crippen LogP contribution is 2.56. The first-order valence-electron chi connectivity index (χ1n) is 9.83. The van der Waals surface area contributed by atoms with E-state index in [1.807, 2.05) is 31.2 Å². The largest absolute Gasteiger partial charge is 0.633 e. The number of hydroxylamine groups is 3. The second-order valence-corrected chi connectivity index (χ2v) is 8.51. The van der Waals surface area contributed by atoms with Gasteiger partial charge in [-0.2, -0.15) is 0 Å². The zero-order valence-electron chi connectivity index (χ0n) is 16.0. The third kappa shape index (κ3) is 2.11. The summed E-state index contributed by atoms with van der Waals surface area (Å²) < 4.78 is 10.2. The highest BCUT2D eigenvalue weighted by atomic mass is 16.6. The van der Waals surface area contributed by atoms with Gasteiger partial charge in [-0.15, -0.1) is 0 Å². The number of carbonyl (C=O) groups excluding carboxylic acids is 2. The van der Waals surface area contributed by atoms with Gasteiger partial charge in [-0.05, 0) is 18.6 Å². The topological polar surface area (TPSA) is 87.7 Å². The average molecular weight is 384 g/mol. The Morgan fingerprint density at radius 2 is 2.18 bits per heavy atom. The molecule has 0 saturated carbocycles. The summed E-state index contributed by atoms with van der Waals surface area (Å²) in [7, 11) is 1.35. The lowest BCUT2D eigenvalue weighted by atomic mass is 9.66. The van der Waals surface area contributed by atoms with Gasteiger partial charge in [-0.1, -0.05) is 18.2 Å². The van der Waals surface area contributed by atoms with Crippen molar-refractivity contribution in [1.82, 2.24) is 0 Å². The molecule has 2 saturated heterocycles. The van der Waals surface area contributed by atoms with Gasteiger partial charge in [0.2, 0.25) is 5.91 Å². The molecule has 148 valence electrons. The molecule has 1 N–H and O–H groups in total. The Morgan fingerprint density at radius 3 is 2.96 bits per heavy atom.